The third-order valence-electron chi connectivity index (χ3n) is 10.8. The Morgan fingerprint density at radius 3 is 1.50 bits per heavy atom. The van der Waals surface area contributed by atoms with Crippen LogP contribution in [0.25, 0.3) is 106 Å². The maximum Gasteiger partial charge on any atom is 0.160 e. The highest BCUT2D eigenvalue weighted by molar-refractivity contribution is 6.14. The fraction of sp³-hybridized carbons (Fsp3) is 0. The van der Waals surface area contributed by atoms with Gasteiger partial charge < -0.3 is 8.98 Å². The van der Waals surface area contributed by atoms with E-state index < -0.39 is 0 Å². The van der Waals surface area contributed by atoms with Gasteiger partial charge in [-0.1, -0.05) is 158 Å². The number of hydrogen-bond acceptors (Lipinski definition) is 3. The highest BCUT2D eigenvalue weighted by Crippen LogP contribution is 2.41. The summed E-state index contributed by atoms with van der Waals surface area (Å²) in [4.78, 5) is 10.2. The molecule has 0 bridgehead atoms. The van der Waals surface area contributed by atoms with Crippen molar-refractivity contribution in [1.29, 1.82) is 0 Å². The maximum atomic E-state index is 6.74. The Bertz CT molecular complexity index is 3070. The van der Waals surface area contributed by atoms with Gasteiger partial charge in [-0.15, -0.1) is 0 Å². The minimum absolute atomic E-state index is 0.685. The molecule has 4 nitrogen and oxygen atoms in total. The van der Waals surface area contributed by atoms with Crippen molar-refractivity contribution in [2.75, 3.05) is 0 Å². The van der Waals surface area contributed by atoms with Gasteiger partial charge in [-0.2, -0.15) is 0 Å². The van der Waals surface area contributed by atoms with Crippen LogP contribution in [0.4, 0.5) is 0 Å². The molecule has 0 aliphatic rings. The first-order valence-electron chi connectivity index (χ1n) is 18.9. The smallest absolute Gasteiger partial charge is 0.160 e. The van der Waals surface area contributed by atoms with Crippen LogP contribution >= 0.6 is 0 Å². The van der Waals surface area contributed by atoms with Crippen molar-refractivity contribution in [2.45, 2.75) is 0 Å². The van der Waals surface area contributed by atoms with Gasteiger partial charge in [0.1, 0.15) is 11.2 Å². The molecule has 0 radical (unpaired) electrons. The Balaban J connectivity index is 1.12. The Morgan fingerprint density at radius 1 is 0.357 bits per heavy atom. The first-order chi connectivity index (χ1) is 27.7. The van der Waals surface area contributed by atoms with E-state index >= 15 is 0 Å². The van der Waals surface area contributed by atoms with E-state index in [1.165, 1.54) is 33.0 Å². The van der Waals surface area contributed by atoms with Crippen LogP contribution in [-0.4, -0.2) is 14.5 Å². The van der Waals surface area contributed by atoms with Crippen LogP contribution in [0.15, 0.2) is 205 Å². The zero-order chi connectivity index (χ0) is 37.0. The Morgan fingerprint density at radius 2 is 0.893 bits per heavy atom. The summed E-state index contributed by atoms with van der Waals surface area (Å²) in [5, 5.41) is 4.49. The minimum atomic E-state index is 0.685. The number of rotatable bonds is 6. The lowest BCUT2D eigenvalue weighted by Crippen LogP contribution is -1.96. The number of fused-ring (bicyclic) bond motifs is 6. The molecule has 8 aromatic carbocycles. The average Bonchev–Trinajstić information content (AvgIpc) is 3.82. The Kier molecular flexibility index (Phi) is 7.46. The molecule has 11 rings (SSSR count). The van der Waals surface area contributed by atoms with Gasteiger partial charge in [0, 0.05) is 50.0 Å². The van der Waals surface area contributed by atoms with Gasteiger partial charge in [-0.25, -0.2) is 9.97 Å². The first-order valence-corrected chi connectivity index (χ1v) is 18.9. The zero-order valence-electron chi connectivity index (χ0n) is 30.3. The summed E-state index contributed by atoms with van der Waals surface area (Å²) < 4.78 is 9.13. The summed E-state index contributed by atoms with van der Waals surface area (Å²) >= 11 is 0. The summed E-state index contributed by atoms with van der Waals surface area (Å²) in [6.45, 7) is 0. The Labute approximate surface area is 323 Å². The molecule has 0 spiro atoms. The van der Waals surface area contributed by atoms with E-state index in [2.05, 4.69) is 168 Å². The molecule has 0 unspecified atom stereocenters. The van der Waals surface area contributed by atoms with Crippen molar-refractivity contribution < 1.29 is 4.42 Å². The van der Waals surface area contributed by atoms with E-state index in [0.29, 0.717) is 5.82 Å². The fourth-order valence-electron chi connectivity index (χ4n) is 8.14. The zero-order valence-corrected chi connectivity index (χ0v) is 30.3. The van der Waals surface area contributed by atoms with E-state index in [0.717, 1.165) is 66.7 Å². The highest BCUT2D eigenvalue weighted by atomic mass is 16.3. The Hall–Kier alpha value is -7.56. The summed E-state index contributed by atoms with van der Waals surface area (Å²) in [6.07, 6.45) is 0. The molecule has 4 heteroatoms. The molecule has 0 saturated heterocycles. The molecule has 0 fully saturated rings. The van der Waals surface area contributed by atoms with Crippen molar-refractivity contribution in [2.24, 2.45) is 0 Å². The second-order valence-electron chi connectivity index (χ2n) is 14.2. The molecular weight excluding hydrogens is 683 g/mol. The topological polar surface area (TPSA) is 43.9 Å². The second kappa shape index (κ2) is 13.1. The van der Waals surface area contributed by atoms with Gasteiger partial charge in [-0.05, 0) is 58.7 Å². The number of hydrogen-bond donors (Lipinski definition) is 0. The second-order valence-corrected chi connectivity index (χ2v) is 14.2. The lowest BCUT2D eigenvalue weighted by atomic mass is 10.0. The molecule has 0 atom stereocenters. The van der Waals surface area contributed by atoms with Crippen LogP contribution in [0, 0.1) is 0 Å². The third-order valence-corrected chi connectivity index (χ3v) is 10.8. The molecule has 3 heterocycles. The third kappa shape index (κ3) is 5.39. The number of benzene rings is 8. The molecule has 0 amide bonds. The lowest BCUT2D eigenvalue weighted by Gasteiger charge is -2.11. The summed E-state index contributed by atoms with van der Waals surface area (Å²) in [5.41, 5.74) is 14.4. The molecular formula is C52H33N3O. The van der Waals surface area contributed by atoms with E-state index in [-0.39, 0.29) is 0 Å². The van der Waals surface area contributed by atoms with Gasteiger partial charge in [-0.3, -0.25) is 0 Å². The molecule has 0 N–H and O–H groups in total. The van der Waals surface area contributed by atoms with E-state index in [1.807, 2.05) is 36.4 Å². The van der Waals surface area contributed by atoms with E-state index in [4.69, 9.17) is 14.4 Å². The van der Waals surface area contributed by atoms with Crippen LogP contribution in [0.1, 0.15) is 0 Å². The summed E-state index contributed by atoms with van der Waals surface area (Å²) in [6, 6.07) is 70.3. The van der Waals surface area contributed by atoms with Crippen LogP contribution in [0.3, 0.4) is 0 Å². The quantitative estimate of drug-likeness (QED) is 0.172. The van der Waals surface area contributed by atoms with Crippen molar-refractivity contribution in [3.05, 3.63) is 200 Å². The van der Waals surface area contributed by atoms with Crippen molar-refractivity contribution >= 4 is 43.7 Å². The van der Waals surface area contributed by atoms with E-state index in [9.17, 15) is 0 Å². The van der Waals surface area contributed by atoms with Crippen molar-refractivity contribution in [3.63, 3.8) is 0 Å². The molecule has 0 saturated carbocycles. The molecule has 3 aromatic heterocycles. The monoisotopic (exact) mass is 715 g/mol. The van der Waals surface area contributed by atoms with Crippen LogP contribution in [0.2, 0.25) is 0 Å². The van der Waals surface area contributed by atoms with Gasteiger partial charge in [0.15, 0.2) is 5.82 Å². The fourth-order valence-corrected chi connectivity index (χ4v) is 8.14. The summed E-state index contributed by atoms with van der Waals surface area (Å²) in [7, 11) is 0. The number of nitrogens with zero attached hydrogens (tertiary/aromatic N) is 3. The lowest BCUT2D eigenvalue weighted by molar-refractivity contribution is 0.668. The number of furan rings is 1. The van der Waals surface area contributed by atoms with Crippen molar-refractivity contribution in [3.8, 4) is 61.8 Å². The van der Waals surface area contributed by atoms with E-state index in [1.54, 1.807) is 0 Å². The molecule has 0 aliphatic carbocycles. The van der Waals surface area contributed by atoms with Gasteiger partial charge >= 0.3 is 0 Å². The van der Waals surface area contributed by atoms with Crippen molar-refractivity contribution in [1.82, 2.24) is 14.5 Å². The largest absolute Gasteiger partial charge is 0.456 e. The molecule has 0 aliphatic heterocycles. The average molecular weight is 716 g/mol. The molecule has 262 valence electrons. The molecule has 56 heavy (non-hydrogen) atoms. The predicted octanol–water partition coefficient (Wildman–Crippen LogP) is 13.8. The van der Waals surface area contributed by atoms with Gasteiger partial charge in [0.2, 0.25) is 0 Å². The van der Waals surface area contributed by atoms with Crippen LogP contribution in [0.5, 0.6) is 0 Å². The van der Waals surface area contributed by atoms with Crippen LogP contribution < -0.4 is 0 Å². The number of aromatic nitrogens is 3. The van der Waals surface area contributed by atoms with Gasteiger partial charge in [0.05, 0.1) is 22.4 Å². The van der Waals surface area contributed by atoms with Crippen LogP contribution in [-0.2, 0) is 0 Å². The standard InChI is InChI=1S/C52H33N3O/c1-5-14-34(15-6-1)38-24-27-41-42-28-25-39(35-16-7-2-8-17-35)31-48(42)55(47(41)30-38)40-26-29-44-50(32-40)56-49-23-13-22-43(51(44)49)46-33-45(36-18-9-3-10-19-36)53-52(54-46)37-20-11-4-12-21-37/h1-33H. The SMILES string of the molecule is c1ccc(-c2ccc3c4ccc(-c5ccccc5)cc4n(-c4ccc5c(c4)oc4cccc(-c6cc(-c7ccccc7)nc(-c7ccccc7)n6)c45)c3c2)cc1. The summed E-state index contributed by atoms with van der Waals surface area (Å²) in [5.74, 6) is 0.685. The predicted molar refractivity (Wildman–Crippen MR) is 231 cm³/mol. The molecule has 11 aromatic rings. The minimum Gasteiger partial charge on any atom is -0.456 e. The first kappa shape index (κ1) is 31.9. The maximum absolute atomic E-state index is 6.74. The highest BCUT2D eigenvalue weighted by Gasteiger charge is 2.19. The normalized spacial score (nSPS) is 11.6. The van der Waals surface area contributed by atoms with Gasteiger partial charge in [0.25, 0.3) is 0 Å².